The normalized spacial score (nSPS) is 15.6. The van der Waals surface area contributed by atoms with Crippen molar-refractivity contribution >= 4 is 29.9 Å². The Morgan fingerprint density at radius 3 is 2.67 bits per heavy atom. The van der Waals surface area contributed by atoms with Crippen LogP contribution >= 0.6 is 24.0 Å². The van der Waals surface area contributed by atoms with E-state index in [-0.39, 0.29) is 24.0 Å². The second kappa shape index (κ2) is 10.7. The van der Waals surface area contributed by atoms with Crippen molar-refractivity contribution in [3.05, 3.63) is 42.4 Å². The predicted octanol–water partition coefficient (Wildman–Crippen LogP) is 3.83. The van der Waals surface area contributed by atoms with E-state index in [0.29, 0.717) is 17.9 Å². The van der Waals surface area contributed by atoms with Gasteiger partial charge >= 0.3 is 0 Å². The quantitative estimate of drug-likeness (QED) is 0.339. The van der Waals surface area contributed by atoms with Crippen LogP contribution in [0.2, 0.25) is 0 Å². The molecule has 0 unspecified atom stereocenters. The number of aromatic nitrogens is 1. The van der Waals surface area contributed by atoms with Crippen LogP contribution in [0, 0.1) is 5.41 Å². The summed E-state index contributed by atoms with van der Waals surface area (Å²) in [5.41, 5.74) is 1.37. The second-order valence-electron chi connectivity index (χ2n) is 6.86. The Balaban J connectivity index is 0.00000261. The third-order valence-electron chi connectivity index (χ3n) is 5.12. The van der Waals surface area contributed by atoms with E-state index in [1.165, 1.54) is 19.3 Å². The van der Waals surface area contributed by atoms with Gasteiger partial charge in [-0.05, 0) is 24.7 Å². The number of nitrogens with zero attached hydrogens (tertiary/aromatic N) is 2. The number of nitrogens with one attached hydrogen (secondary N) is 2. The molecule has 0 saturated heterocycles. The lowest BCUT2D eigenvalue weighted by Gasteiger charge is -2.42. The first-order valence-electron chi connectivity index (χ1n) is 9.18. The van der Waals surface area contributed by atoms with Crippen LogP contribution in [0.25, 0.3) is 11.3 Å². The van der Waals surface area contributed by atoms with Gasteiger partial charge in [-0.3, -0.25) is 4.99 Å². The fraction of sp³-hybridized carbons (Fsp3) is 0.500. The fourth-order valence-electron chi connectivity index (χ4n) is 3.29. The zero-order valence-corrected chi connectivity index (χ0v) is 18.4. The molecule has 0 amide bonds. The largest absolute Gasteiger partial charge is 0.439 e. The van der Waals surface area contributed by atoms with E-state index < -0.39 is 0 Å². The van der Waals surface area contributed by atoms with Gasteiger partial charge in [0, 0.05) is 32.9 Å². The molecule has 0 bridgehead atoms. The average Bonchev–Trinajstić information content (AvgIpc) is 3.12. The molecule has 0 spiro atoms. The Morgan fingerprint density at radius 2 is 2.04 bits per heavy atom. The molecular weight excluding hydrogens is 455 g/mol. The van der Waals surface area contributed by atoms with Crippen molar-refractivity contribution in [2.75, 3.05) is 27.3 Å². The Hall–Kier alpha value is -1.61. The minimum absolute atomic E-state index is 0. The zero-order valence-electron chi connectivity index (χ0n) is 16.0. The predicted molar refractivity (Wildman–Crippen MR) is 118 cm³/mol. The Morgan fingerprint density at radius 1 is 1.26 bits per heavy atom. The maximum atomic E-state index is 5.82. The van der Waals surface area contributed by atoms with E-state index in [1.807, 2.05) is 30.3 Å². The molecule has 1 fully saturated rings. The van der Waals surface area contributed by atoms with Crippen molar-refractivity contribution in [2.24, 2.45) is 10.4 Å². The molecule has 1 aromatic heterocycles. The van der Waals surface area contributed by atoms with Gasteiger partial charge in [0.05, 0.1) is 12.7 Å². The molecule has 1 aromatic carbocycles. The van der Waals surface area contributed by atoms with Crippen molar-refractivity contribution in [2.45, 2.75) is 32.2 Å². The molecule has 2 N–H and O–H groups in total. The number of methoxy groups -OCH3 is 1. The number of hydrogen-bond donors (Lipinski definition) is 2. The van der Waals surface area contributed by atoms with Gasteiger partial charge in [0.15, 0.2) is 11.7 Å². The van der Waals surface area contributed by atoms with E-state index >= 15 is 0 Å². The summed E-state index contributed by atoms with van der Waals surface area (Å²) in [6.07, 6.45) is 6.65. The van der Waals surface area contributed by atoms with Crippen LogP contribution in [0.4, 0.5) is 0 Å². The van der Waals surface area contributed by atoms with Gasteiger partial charge in [-0.2, -0.15) is 0 Å². The number of benzene rings is 1. The van der Waals surface area contributed by atoms with Crippen LogP contribution in [0.5, 0.6) is 0 Å². The van der Waals surface area contributed by atoms with Gasteiger partial charge in [-0.25, -0.2) is 4.98 Å². The Bertz CT molecular complexity index is 714. The maximum absolute atomic E-state index is 5.82. The van der Waals surface area contributed by atoms with Crippen molar-refractivity contribution < 1.29 is 9.15 Å². The van der Waals surface area contributed by atoms with Gasteiger partial charge in [0.2, 0.25) is 5.89 Å². The summed E-state index contributed by atoms with van der Waals surface area (Å²) >= 11 is 0. The summed E-state index contributed by atoms with van der Waals surface area (Å²) in [4.78, 5) is 8.65. The highest BCUT2D eigenvalue weighted by Gasteiger charge is 2.36. The molecule has 1 aliphatic rings. The second-order valence-corrected chi connectivity index (χ2v) is 6.86. The number of rotatable bonds is 8. The van der Waals surface area contributed by atoms with Gasteiger partial charge in [-0.1, -0.05) is 36.8 Å². The summed E-state index contributed by atoms with van der Waals surface area (Å²) in [6, 6.07) is 9.98. The first-order chi connectivity index (χ1) is 12.7. The van der Waals surface area contributed by atoms with Crippen LogP contribution in [-0.2, 0) is 11.3 Å². The standard InChI is InChI=1S/C20H28N4O2.HI/c1-21-19(24-15-20(9-6-10-20)11-12-25-2)23-14-18-22-13-17(26-18)16-7-4-3-5-8-16;/h3-5,7-8,13H,6,9-12,14-15H2,1-2H3,(H2,21,23,24);1H. The number of oxazole rings is 1. The minimum atomic E-state index is 0. The molecule has 1 saturated carbocycles. The number of ether oxygens (including phenoxy) is 1. The van der Waals surface area contributed by atoms with Gasteiger partial charge < -0.3 is 19.8 Å². The van der Waals surface area contributed by atoms with Crippen LogP contribution in [-0.4, -0.2) is 38.3 Å². The van der Waals surface area contributed by atoms with Crippen molar-refractivity contribution in [3.63, 3.8) is 0 Å². The maximum Gasteiger partial charge on any atom is 0.214 e. The molecule has 7 heteroatoms. The van der Waals surface area contributed by atoms with Crippen LogP contribution < -0.4 is 10.6 Å². The molecule has 3 rings (SSSR count). The molecule has 0 radical (unpaired) electrons. The van der Waals surface area contributed by atoms with Crippen molar-refractivity contribution in [1.82, 2.24) is 15.6 Å². The first kappa shape index (κ1) is 21.7. The fourth-order valence-corrected chi connectivity index (χ4v) is 3.29. The van der Waals surface area contributed by atoms with E-state index in [2.05, 4.69) is 20.6 Å². The van der Waals surface area contributed by atoms with Gasteiger partial charge in [0.25, 0.3) is 0 Å². The highest BCUT2D eigenvalue weighted by atomic mass is 127. The molecule has 0 aliphatic heterocycles. The van der Waals surface area contributed by atoms with Gasteiger partial charge in [-0.15, -0.1) is 24.0 Å². The van der Waals surface area contributed by atoms with E-state index in [1.54, 1.807) is 20.4 Å². The monoisotopic (exact) mass is 484 g/mol. The number of halogens is 1. The third kappa shape index (κ3) is 5.93. The van der Waals surface area contributed by atoms with E-state index in [9.17, 15) is 0 Å². The third-order valence-corrected chi connectivity index (χ3v) is 5.12. The zero-order chi connectivity index (χ0) is 18.2. The van der Waals surface area contributed by atoms with Crippen LogP contribution in [0.3, 0.4) is 0 Å². The minimum Gasteiger partial charge on any atom is -0.439 e. The molecule has 1 aliphatic carbocycles. The SMILES string of the molecule is CN=C(NCc1ncc(-c2ccccc2)o1)NCC1(CCOC)CCC1.I. The smallest absolute Gasteiger partial charge is 0.214 e. The topological polar surface area (TPSA) is 71.7 Å². The van der Waals surface area contributed by atoms with Crippen LogP contribution in [0.15, 0.2) is 45.9 Å². The molecule has 1 heterocycles. The summed E-state index contributed by atoms with van der Waals surface area (Å²) < 4.78 is 11.1. The average molecular weight is 484 g/mol. The lowest BCUT2D eigenvalue weighted by atomic mass is 9.67. The summed E-state index contributed by atoms with van der Waals surface area (Å²) in [7, 11) is 3.54. The molecule has 0 atom stereocenters. The molecular formula is C20H29IN4O2. The molecule has 6 nitrogen and oxygen atoms in total. The summed E-state index contributed by atoms with van der Waals surface area (Å²) in [5, 5.41) is 6.72. The molecule has 148 valence electrons. The highest BCUT2D eigenvalue weighted by Crippen LogP contribution is 2.43. The lowest BCUT2D eigenvalue weighted by molar-refractivity contribution is 0.0732. The lowest BCUT2D eigenvalue weighted by Crippen LogP contribution is -2.46. The van der Waals surface area contributed by atoms with Crippen molar-refractivity contribution in [1.29, 1.82) is 0 Å². The Kier molecular flexibility index (Phi) is 8.56. The first-order valence-corrected chi connectivity index (χ1v) is 9.18. The number of aliphatic imine (C=N–C) groups is 1. The number of guanidine groups is 1. The van der Waals surface area contributed by atoms with Gasteiger partial charge in [0.1, 0.15) is 0 Å². The van der Waals surface area contributed by atoms with Crippen LogP contribution in [0.1, 0.15) is 31.6 Å². The molecule has 2 aromatic rings. The van der Waals surface area contributed by atoms with E-state index in [0.717, 1.165) is 36.9 Å². The van der Waals surface area contributed by atoms with E-state index in [4.69, 9.17) is 9.15 Å². The highest BCUT2D eigenvalue weighted by molar-refractivity contribution is 14.0. The Labute approximate surface area is 178 Å². The molecule has 27 heavy (non-hydrogen) atoms. The number of hydrogen-bond acceptors (Lipinski definition) is 4. The summed E-state index contributed by atoms with van der Waals surface area (Å²) in [6.45, 7) is 2.22. The van der Waals surface area contributed by atoms with Crippen molar-refractivity contribution in [3.8, 4) is 11.3 Å². The summed E-state index contributed by atoms with van der Waals surface area (Å²) in [5.74, 6) is 2.19.